The maximum atomic E-state index is 12.1. The Bertz CT molecular complexity index is 828. The van der Waals surface area contributed by atoms with Gasteiger partial charge in [-0.25, -0.2) is 14.8 Å². The number of fused-ring (bicyclic) bond motifs is 1. The molecule has 1 saturated carbocycles. The molecule has 0 radical (unpaired) electrons. The summed E-state index contributed by atoms with van der Waals surface area (Å²) < 4.78 is 4.81. The molecule has 1 unspecified atom stereocenters. The number of rotatable bonds is 5. The lowest BCUT2D eigenvalue weighted by Crippen LogP contribution is -2.28. The Balaban J connectivity index is 1.30. The van der Waals surface area contributed by atoms with Crippen molar-refractivity contribution in [3.8, 4) is 0 Å². The SMILES string of the molecule is COC(=O)C1CCc2sc(NC(=O)NCc3nc(C4CC4)n[nH]3)nc2C1. The van der Waals surface area contributed by atoms with Crippen molar-refractivity contribution in [2.24, 2.45) is 5.92 Å². The molecule has 138 valence electrons. The summed E-state index contributed by atoms with van der Waals surface area (Å²) in [6.45, 7) is 0.279. The number of nitrogens with one attached hydrogen (secondary N) is 3. The van der Waals surface area contributed by atoms with Gasteiger partial charge >= 0.3 is 12.0 Å². The van der Waals surface area contributed by atoms with E-state index in [0.29, 0.717) is 23.3 Å². The van der Waals surface area contributed by atoms with Gasteiger partial charge in [0.25, 0.3) is 0 Å². The highest BCUT2D eigenvalue weighted by Crippen LogP contribution is 2.37. The number of hydrogen-bond donors (Lipinski definition) is 3. The number of nitrogens with zero attached hydrogens (tertiary/aromatic N) is 3. The van der Waals surface area contributed by atoms with E-state index in [0.717, 1.165) is 42.1 Å². The molecule has 0 aliphatic heterocycles. The van der Waals surface area contributed by atoms with Gasteiger partial charge in [-0.15, -0.1) is 11.3 Å². The minimum atomic E-state index is -0.343. The summed E-state index contributed by atoms with van der Waals surface area (Å²) in [6.07, 6.45) is 4.36. The van der Waals surface area contributed by atoms with E-state index in [9.17, 15) is 9.59 Å². The molecule has 0 spiro atoms. The molecule has 2 aliphatic rings. The molecule has 4 rings (SSSR count). The zero-order valence-electron chi connectivity index (χ0n) is 14.4. The molecule has 2 aromatic heterocycles. The Hall–Kier alpha value is -2.49. The first-order valence-electron chi connectivity index (χ1n) is 8.65. The number of anilines is 1. The Labute approximate surface area is 154 Å². The minimum absolute atomic E-state index is 0.150. The lowest BCUT2D eigenvalue weighted by Gasteiger charge is -2.18. The van der Waals surface area contributed by atoms with Crippen LogP contribution in [-0.4, -0.2) is 39.3 Å². The van der Waals surface area contributed by atoms with E-state index in [2.05, 4.69) is 30.8 Å². The summed E-state index contributed by atoms with van der Waals surface area (Å²) in [5.74, 6) is 1.59. The fourth-order valence-corrected chi connectivity index (χ4v) is 4.02. The molecule has 0 aromatic carbocycles. The summed E-state index contributed by atoms with van der Waals surface area (Å²) in [5, 5.41) is 13.0. The molecule has 1 atom stereocenters. The van der Waals surface area contributed by atoms with Gasteiger partial charge < -0.3 is 10.1 Å². The summed E-state index contributed by atoms with van der Waals surface area (Å²) in [4.78, 5) is 33.7. The molecule has 3 N–H and O–H groups in total. The number of urea groups is 1. The minimum Gasteiger partial charge on any atom is -0.469 e. The summed E-state index contributed by atoms with van der Waals surface area (Å²) in [7, 11) is 1.40. The summed E-state index contributed by atoms with van der Waals surface area (Å²) in [6, 6.07) is -0.343. The van der Waals surface area contributed by atoms with Gasteiger partial charge in [-0.05, 0) is 25.7 Å². The molecular weight excluding hydrogens is 356 g/mol. The van der Waals surface area contributed by atoms with Crippen LogP contribution in [0, 0.1) is 5.92 Å². The van der Waals surface area contributed by atoms with Crippen LogP contribution in [0.25, 0.3) is 0 Å². The molecule has 0 bridgehead atoms. The first kappa shape index (κ1) is 17.0. The van der Waals surface area contributed by atoms with E-state index in [1.807, 2.05) is 0 Å². The maximum absolute atomic E-state index is 12.1. The van der Waals surface area contributed by atoms with Crippen molar-refractivity contribution in [1.82, 2.24) is 25.5 Å². The Morgan fingerprint density at radius 1 is 1.31 bits per heavy atom. The maximum Gasteiger partial charge on any atom is 0.321 e. The zero-order chi connectivity index (χ0) is 18.1. The molecule has 1 fully saturated rings. The average molecular weight is 376 g/mol. The van der Waals surface area contributed by atoms with Crippen LogP contribution in [0.3, 0.4) is 0 Å². The van der Waals surface area contributed by atoms with Crippen LogP contribution in [-0.2, 0) is 28.9 Å². The summed E-state index contributed by atoms with van der Waals surface area (Å²) in [5.41, 5.74) is 0.872. The smallest absolute Gasteiger partial charge is 0.321 e. The van der Waals surface area contributed by atoms with Gasteiger partial charge in [-0.3, -0.25) is 15.2 Å². The first-order chi connectivity index (χ1) is 12.6. The number of hydrogen-bond acceptors (Lipinski definition) is 7. The molecular formula is C16H20N6O3S. The number of carbonyl (C=O) groups excluding carboxylic acids is 2. The van der Waals surface area contributed by atoms with Crippen molar-refractivity contribution < 1.29 is 14.3 Å². The van der Waals surface area contributed by atoms with Crippen LogP contribution in [0.15, 0.2) is 0 Å². The van der Waals surface area contributed by atoms with Crippen LogP contribution in [0.4, 0.5) is 9.93 Å². The average Bonchev–Trinajstić information content (AvgIpc) is 3.25. The standard InChI is InChI=1S/C16H20N6O3S/c1-25-14(23)9-4-5-11-10(6-9)18-16(26-11)20-15(24)17-7-12-19-13(22-21-12)8-2-3-8/h8-9H,2-7H2,1H3,(H,19,21,22)(H2,17,18,20,24). The van der Waals surface area contributed by atoms with E-state index in [1.54, 1.807) is 0 Å². The molecule has 2 heterocycles. The third kappa shape index (κ3) is 3.69. The number of ether oxygens (including phenoxy) is 1. The second kappa shape index (κ2) is 7.02. The van der Waals surface area contributed by atoms with E-state index in [4.69, 9.17) is 4.74 Å². The number of methoxy groups -OCH3 is 1. The van der Waals surface area contributed by atoms with Crippen molar-refractivity contribution in [2.45, 2.75) is 44.6 Å². The van der Waals surface area contributed by atoms with Gasteiger partial charge in [0.1, 0.15) is 5.82 Å². The Morgan fingerprint density at radius 2 is 2.15 bits per heavy atom. The Kier molecular flexibility index (Phi) is 4.58. The van der Waals surface area contributed by atoms with E-state index < -0.39 is 0 Å². The predicted octanol–water partition coefficient (Wildman–Crippen LogP) is 1.74. The molecule has 10 heteroatoms. The molecule has 0 saturated heterocycles. The van der Waals surface area contributed by atoms with Crippen LogP contribution in [0.2, 0.25) is 0 Å². The Morgan fingerprint density at radius 3 is 2.92 bits per heavy atom. The second-order valence-corrected chi connectivity index (χ2v) is 7.66. The number of aromatic amines is 1. The third-order valence-corrected chi connectivity index (χ3v) is 5.67. The second-order valence-electron chi connectivity index (χ2n) is 6.57. The van der Waals surface area contributed by atoms with Crippen LogP contribution in [0.5, 0.6) is 0 Å². The lowest BCUT2D eigenvalue weighted by molar-refractivity contribution is -0.145. The molecule has 9 nitrogen and oxygen atoms in total. The topological polar surface area (TPSA) is 122 Å². The first-order valence-corrected chi connectivity index (χ1v) is 9.46. The fraction of sp³-hybridized carbons (Fsp3) is 0.562. The van der Waals surface area contributed by atoms with Crippen LogP contribution < -0.4 is 10.6 Å². The third-order valence-electron chi connectivity index (χ3n) is 4.60. The highest BCUT2D eigenvalue weighted by atomic mass is 32.1. The summed E-state index contributed by atoms with van der Waals surface area (Å²) >= 11 is 1.45. The molecule has 26 heavy (non-hydrogen) atoms. The van der Waals surface area contributed by atoms with Crippen LogP contribution in [0.1, 0.15) is 47.4 Å². The highest BCUT2D eigenvalue weighted by Gasteiger charge is 2.29. The van der Waals surface area contributed by atoms with Gasteiger partial charge in [-0.2, -0.15) is 5.10 Å². The number of amides is 2. The number of aromatic nitrogens is 4. The largest absolute Gasteiger partial charge is 0.469 e. The van der Waals surface area contributed by atoms with Gasteiger partial charge in [0, 0.05) is 17.2 Å². The molecule has 2 amide bonds. The van der Waals surface area contributed by atoms with E-state index in [1.165, 1.54) is 18.4 Å². The zero-order valence-corrected chi connectivity index (χ0v) is 15.2. The number of thiazole rings is 1. The molecule has 2 aliphatic carbocycles. The number of esters is 1. The predicted molar refractivity (Wildman–Crippen MR) is 93.9 cm³/mol. The van der Waals surface area contributed by atoms with Crippen molar-refractivity contribution >= 4 is 28.5 Å². The normalized spacial score (nSPS) is 18.9. The van der Waals surface area contributed by atoms with Crippen molar-refractivity contribution in [3.05, 3.63) is 22.2 Å². The van der Waals surface area contributed by atoms with Crippen molar-refractivity contribution in [1.29, 1.82) is 0 Å². The monoisotopic (exact) mass is 376 g/mol. The number of aryl methyl sites for hydroxylation is 1. The van der Waals surface area contributed by atoms with E-state index in [-0.39, 0.29) is 24.5 Å². The van der Waals surface area contributed by atoms with Crippen molar-refractivity contribution in [2.75, 3.05) is 12.4 Å². The van der Waals surface area contributed by atoms with Gasteiger partial charge in [0.15, 0.2) is 11.0 Å². The quantitative estimate of drug-likeness (QED) is 0.683. The number of H-pyrrole nitrogens is 1. The van der Waals surface area contributed by atoms with E-state index >= 15 is 0 Å². The van der Waals surface area contributed by atoms with Gasteiger partial charge in [-0.1, -0.05) is 0 Å². The van der Waals surface area contributed by atoms with Gasteiger partial charge in [0.2, 0.25) is 0 Å². The highest BCUT2D eigenvalue weighted by molar-refractivity contribution is 7.15. The van der Waals surface area contributed by atoms with Crippen LogP contribution >= 0.6 is 11.3 Å². The van der Waals surface area contributed by atoms with Gasteiger partial charge in [0.05, 0.1) is 25.3 Å². The lowest BCUT2D eigenvalue weighted by atomic mass is 9.91. The molecule has 2 aromatic rings. The number of carbonyl (C=O) groups is 2. The van der Waals surface area contributed by atoms with Crippen molar-refractivity contribution in [3.63, 3.8) is 0 Å². The fourth-order valence-electron chi connectivity index (χ4n) is 3.02.